The number of nitrogens with zero attached hydrogens (tertiary/aromatic N) is 2. The van der Waals surface area contributed by atoms with Gasteiger partial charge in [0.2, 0.25) is 5.91 Å². The second-order valence-electron chi connectivity index (χ2n) is 3.34. The number of piperazine rings is 1. The molecule has 1 heterocycles. The van der Waals surface area contributed by atoms with E-state index in [9.17, 15) is 14.4 Å². The number of nitrogens with one attached hydrogen (secondary N) is 1. The van der Waals surface area contributed by atoms with Crippen molar-refractivity contribution >= 4 is 17.7 Å². The zero-order valence-corrected chi connectivity index (χ0v) is 8.52. The molecule has 0 atom stereocenters. The van der Waals surface area contributed by atoms with Gasteiger partial charge in [0.1, 0.15) is 0 Å². The van der Waals surface area contributed by atoms with Gasteiger partial charge in [0.05, 0.1) is 0 Å². The van der Waals surface area contributed by atoms with Crippen LogP contribution in [0.1, 0.15) is 6.42 Å². The summed E-state index contributed by atoms with van der Waals surface area (Å²) in [5.74, 6) is 3.45. The molecular weight excluding hydrogens is 200 g/mol. The van der Waals surface area contributed by atoms with Crippen molar-refractivity contribution in [3.8, 4) is 0 Å². The van der Waals surface area contributed by atoms with Gasteiger partial charge in [0.25, 0.3) is 0 Å². The minimum absolute atomic E-state index is 0.110. The van der Waals surface area contributed by atoms with Crippen molar-refractivity contribution in [2.24, 2.45) is 5.84 Å². The van der Waals surface area contributed by atoms with E-state index in [-0.39, 0.29) is 18.9 Å². The smallest absolute Gasteiger partial charge is 0.312 e. The number of carbonyl (C=O) groups excluding carboxylic acids is 3. The fourth-order valence-corrected chi connectivity index (χ4v) is 1.29. The number of likely N-dealkylation sites (N-methyl/N-ethyl adjacent to an activating group) is 1. The molecule has 0 aliphatic carbocycles. The van der Waals surface area contributed by atoms with Crippen LogP contribution in [0, 0.1) is 0 Å². The largest absolute Gasteiger partial charge is 0.336 e. The Balaban J connectivity index is 2.46. The molecule has 3 amide bonds. The molecule has 0 saturated carbocycles. The Labute approximate surface area is 87.2 Å². The maximum atomic E-state index is 11.4. The highest BCUT2D eigenvalue weighted by atomic mass is 16.2. The van der Waals surface area contributed by atoms with E-state index in [0.717, 1.165) is 0 Å². The summed E-state index contributed by atoms with van der Waals surface area (Å²) in [6.07, 6.45) is 0.110. The average molecular weight is 214 g/mol. The molecule has 7 nitrogen and oxygen atoms in total. The summed E-state index contributed by atoms with van der Waals surface area (Å²) in [4.78, 5) is 36.2. The van der Waals surface area contributed by atoms with Crippen molar-refractivity contribution in [2.75, 3.05) is 26.7 Å². The third kappa shape index (κ3) is 2.66. The summed E-state index contributed by atoms with van der Waals surface area (Å²) in [7, 11) is 1.57. The third-order valence-electron chi connectivity index (χ3n) is 2.29. The first-order chi connectivity index (χ1) is 7.06. The fraction of sp³-hybridized carbons (Fsp3) is 0.625. The lowest BCUT2D eigenvalue weighted by atomic mass is 10.3. The van der Waals surface area contributed by atoms with Crippen LogP contribution in [0.4, 0.5) is 0 Å². The van der Waals surface area contributed by atoms with Gasteiger partial charge in [0.15, 0.2) is 0 Å². The van der Waals surface area contributed by atoms with Crippen LogP contribution in [0.5, 0.6) is 0 Å². The molecular formula is C8H14N4O3. The fourth-order valence-electron chi connectivity index (χ4n) is 1.29. The summed E-state index contributed by atoms with van der Waals surface area (Å²) in [5.41, 5.74) is 1.97. The Bertz CT molecular complexity index is 292. The van der Waals surface area contributed by atoms with Gasteiger partial charge in [-0.2, -0.15) is 0 Å². The van der Waals surface area contributed by atoms with Gasteiger partial charge >= 0.3 is 11.8 Å². The van der Waals surface area contributed by atoms with Gasteiger partial charge in [-0.1, -0.05) is 0 Å². The first kappa shape index (κ1) is 11.4. The SMILES string of the molecule is CN1CCN(CCC(=O)NN)C(=O)C1=O. The predicted molar refractivity (Wildman–Crippen MR) is 51.2 cm³/mol. The maximum absolute atomic E-state index is 11.4. The Morgan fingerprint density at radius 3 is 2.67 bits per heavy atom. The van der Waals surface area contributed by atoms with E-state index >= 15 is 0 Å². The second-order valence-corrected chi connectivity index (χ2v) is 3.34. The molecule has 0 aromatic heterocycles. The highest BCUT2D eigenvalue weighted by molar-refractivity contribution is 6.35. The molecule has 1 rings (SSSR count). The first-order valence-electron chi connectivity index (χ1n) is 4.60. The zero-order valence-electron chi connectivity index (χ0n) is 8.52. The van der Waals surface area contributed by atoms with Crippen LogP contribution in [-0.4, -0.2) is 54.2 Å². The molecule has 0 aromatic carbocycles. The van der Waals surface area contributed by atoms with Crippen LogP contribution >= 0.6 is 0 Å². The molecule has 0 bridgehead atoms. The Morgan fingerprint density at radius 1 is 1.40 bits per heavy atom. The summed E-state index contributed by atoms with van der Waals surface area (Å²) in [5, 5.41) is 0. The predicted octanol–water partition coefficient (Wildman–Crippen LogP) is -2.33. The monoisotopic (exact) mass is 214 g/mol. The minimum atomic E-state index is -0.562. The molecule has 3 N–H and O–H groups in total. The molecule has 0 radical (unpaired) electrons. The first-order valence-corrected chi connectivity index (χ1v) is 4.60. The molecule has 1 saturated heterocycles. The summed E-state index contributed by atoms with van der Waals surface area (Å²) in [6.45, 7) is 1.18. The normalized spacial score (nSPS) is 16.9. The third-order valence-corrected chi connectivity index (χ3v) is 2.29. The topological polar surface area (TPSA) is 95.7 Å². The van der Waals surface area contributed by atoms with Gasteiger partial charge in [-0.3, -0.25) is 19.8 Å². The Morgan fingerprint density at radius 2 is 2.07 bits per heavy atom. The van der Waals surface area contributed by atoms with Crippen LogP contribution in [-0.2, 0) is 14.4 Å². The van der Waals surface area contributed by atoms with Crippen molar-refractivity contribution < 1.29 is 14.4 Å². The van der Waals surface area contributed by atoms with Gasteiger partial charge in [-0.15, -0.1) is 0 Å². The maximum Gasteiger partial charge on any atom is 0.312 e. The number of amides is 3. The molecule has 7 heteroatoms. The molecule has 1 aliphatic heterocycles. The highest BCUT2D eigenvalue weighted by Crippen LogP contribution is 2.03. The van der Waals surface area contributed by atoms with E-state index in [0.29, 0.717) is 13.1 Å². The molecule has 0 aromatic rings. The highest BCUT2D eigenvalue weighted by Gasteiger charge is 2.29. The number of hydrogen-bond acceptors (Lipinski definition) is 4. The zero-order chi connectivity index (χ0) is 11.4. The summed E-state index contributed by atoms with van der Waals surface area (Å²) in [6, 6.07) is 0. The number of rotatable bonds is 3. The van der Waals surface area contributed by atoms with Gasteiger partial charge in [0, 0.05) is 33.1 Å². The van der Waals surface area contributed by atoms with Crippen LogP contribution in [0.15, 0.2) is 0 Å². The number of hydrogen-bond donors (Lipinski definition) is 2. The standard InChI is InChI=1S/C8H14N4O3/c1-11-4-5-12(8(15)7(11)14)3-2-6(13)10-9/h2-5,9H2,1H3,(H,10,13). The van der Waals surface area contributed by atoms with E-state index in [1.54, 1.807) is 7.05 Å². The Kier molecular flexibility index (Phi) is 3.62. The number of nitrogens with two attached hydrogens (primary N) is 1. The minimum Gasteiger partial charge on any atom is -0.336 e. The van der Waals surface area contributed by atoms with E-state index in [1.165, 1.54) is 9.80 Å². The lowest BCUT2D eigenvalue weighted by molar-refractivity contribution is -0.155. The van der Waals surface area contributed by atoms with Crippen molar-refractivity contribution in [3.05, 3.63) is 0 Å². The van der Waals surface area contributed by atoms with Crippen LogP contribution < -0.4 is 11.3 Å². The van der Waals surface area contributed by atoms with Crippen LogP contribution in [0.2, 0.25) is 0 Å². The van der Waals surface area contributed by atoms with E-state index in [1.807, 2.05) is 5.43 Å². The van der Waals surface area contributed by atoms with E-state index in [4.69, 9.17) is 5.84 Å². The van der Waals surface area contributed by atoms with Crippen molar-refractivity contribution in [1.82, 2.24) is 15.2 Å². The van der Waals surface area contributed by atoms with Gasteiger partial charge < -0.3 is 9.80 Å². The van der Waals surface area contributed by atoms with E-state index < -0.39 is 11.8 Å². The van der Waals surface area contributed by atoms with Crippen molar-refractivity contribution in [3.63, 3.8) is 0 Å². The average Bonchev–Trinajstić information content (AvgIpc) is 2.24. The number of hydrazine groups is 1. The molecule has 84 valence electrons. The van der Waals surface area contributed by atoms with Crippen LogP contribution in [0.25, 0.3) is 0 Å². The van der Waals surface area contributed by atoms with Crippen LogP contribution in [0.3, 0.4) is 0 Å². The van der Waals surface area contributed by atoms with Gasteiger partial charge in [-0.05, 0) is 0 Å². The summed E-state index contributed by atoms with van der Waals surface area (Å²) < 4.78 is 0. The second kappa shape index (κ2) is 4.74. The van der Waals surface area contributed by atoms with E-state index in [2.05, 4.69) is 0 Å². The molecule has 1 aliphatic rings. The molecule has 15 heavy (non-hydrogen) atoms. The number of carbonyl (C=O) groups is 3. The van der Waals surface area contributed by atoms with Gasteiger partial charge in [-0.25, -0.2) is 5.84 Å². The lowest BCUT2D eigenvalue weighted by Gasteiger charge is -2.31. The molecule has 1 fully saturated rings. The lowest BCUT2D eigenvalue weighted by Crippen LogP contribution is -2.53. The van der Waals surface area contributed by atoms with Crippen molar-refractivity contribution in [1.29, 1.82) is 0 Å². The quantitative estimate of drug-likeness (QED) is 0.238. The Hall–Kier alpha value is -1.63. The van der Waals surface area contributed by atoms with Crippen molar-refractivity contribution in [2.45, 2.75) is 6.42 Å². The summed E-state index contributed by atoms with van der Waals surface area (Å²) >= 11 is 0. The molecule has 0 spiro atoms. The molecule has 0 unspecified atom stereocenters.